The molecule has 0 bridgehead atoms. The number of carbonyl (C=O) groups is 2. The monoisotopic (exact) mass is 494 g/mol. The summed E-state index contributed by atoms with van der Waals surface area (Å²) in [5.41, 5.74) is -7.05. The topological polar surface area (TPSA) is 67.4 Å². The summed E-state index contributed by atoms with van der Waals surface area (Å²) < 4.78 is 97.8. The highest BCUT2D eigenvalue weighted by Gasteiger charge is 2.73. The van der Waals surface area contributed by atoms with Crippen molar-refractivity contribution >= 4 is 23.4 Å². The minimum absolute atomic E-state index is 0.124. The molecule has 0 aliphatic heterocycles. The molecule has 0 aliphatic rings. The van der Waals surface area contributed by atoms with Crippen LogP contribution in [-0.2, 0) is 10.4 Å². The van der Waals surface area contributed by atoms with Crippen molar-refractivity contribution in [2.75, 3.05) is 17.2 Å². The Balaban J connectivity index is 2.43. The number of halogens is 7. The second-order valence-electron chi connectivity index (χ2n) is 7.47. The van der Waals surface area contributed by atoms with E-state index in [0.29, 0.717) is 17.7 Å². The van der Waals surface area contributed by atoms with Gasteiger partial charge in [-0.1, -0.05) is 18.2 Å². The highest BCUT2D eigenvalue weighted by atomic mass is 19.4. The number of hydrogen-bond donors (Lipinski definition) is 2. The fourth-order valence-electron chi connectivity index (χ4n) is 3.31. The van der Waals surface area contributed by atoms with Crippen LogP contribution in [0.2, 0.25) is 0 Å². The van der Waals surface area contributed by atoms with Crippen molar-refractivity contribution in [3.8, 4) is 0 Å². The summed E-state index contributed by atoms with van der Waals surface area (Å²) >= 11 is 0. The van der Waals surface area contributed by atoms with Gasteiger partial charge in [0.1, 0.15) is 0 Å². The van der Waals surface area contributed by atoms with Gasteiger partial charge in [0.15, 0.2) is 0 Å². The molecule has 0 saturated heterocycles. The Labute approximate surface area is 190 Å². The third-order valence-electron chi connectivity index (χ3n) is 4.95. The molecule has 0 aliphatic carbocycles. The number of benzene rings is 2. The Morgan fingerprint density at radius 1 is 0.824 bits per heavy atom. The van der Waals surface area contributed by atoms with E-state index in [1.165, 1.54) is 12.1 Å². The van der Waals surface area contributed by atoms with Gasteiger partial charge in [-0.25, -0.2) is 9.18 Å². The number of amides is 2. The Morgan fingerprint density at radius 2 is 1.35 bits per heavy atom. The van der Waals surface area contributed by atoms with Gasteiger partial charge in [-0.05, 0) is 56.5 Å². The summed E-state index contributed by atoms with van der Waals surface area (Å²) in [6.45, 7) is 5.55. The lowest BCUT2D eigenvalue weighted by molar-refractivity contribution is -0.348. The Morgan fingerprint density at radius 3 is 1.82 bits per heavy atom. The zero-order chi connectivity index (χ0) is 26.1. The molecule has 2 aromatic rings. The molecule has 2 amide bonds. The highest BCUT2D eigenvalue weighted by Crippen LogP contribution is 2.53. The molecule has 2 aromatic carbocycles. The summed E-state index contributed by atoms with van der Waals surface area (Å²) in [6.07, 6.45) is -13.3. The van der Waals surface area contributed by atoms with E-state index in [-0.39, 0.29) is 34.7 Å². The fourth-order valence-corrected chi connectivity index (χ4v) is 3.31. The van der Waals surface area contributed by atoms with Gasteiger partial charge in [0.05, 0.1) is 6.61 Å². The maximum absolute atomic E-state index is 14.4. The number of alkyl halides is 7. The van der Waals surface area contributed by atoms with Crippen LogP contribution in [0.15, 0.2) is 30.3 Å². The SMILES string of the molecule is CCOC(=O)Nc1ccc(C)c(NC(=O)c2c(C)cc(C(F)(C(F)(F)F)C(F)(F)F)cc2C)c1. The number of nitrogens with one attached hydrogen (secondary N) is 2. The molecule has 0 fully saturated rings. The first-order chi connectivity index (χ1) is 15.5. The molecule has 0 unspecified atom stereocenters. The quantitative estimate of drug-likeness (QED) is 0.454. The average Bonchev–Trinajstić information content (AvgIpc) is 2.67. The molecule has 0 radical (unpaired) electrons. The first kappa shape index (κ1) is 26.9. The van der Waals surface area contributed by atoms with Crippen molar-refractivity contribution in [3.05, 3.63) is 58.1 Å². The first-order valence-corrected chi connectivity index (χ1v) is 9.82. The number of ether oxygens (including phenoxy) is 1. The Hall–Kier alpha value is -3.31. The zero-order valence-electron chi connectivity index (χ0n) is 18.5. The number of anilines is 2. The lowest BCUT2D eigenvalue weighted by Crippen LogP contribution is -2.50. The van der Waals surface area contributed by atoms with E-state index in [1.807, 2.05) is 0 Å². The van der Waals surface area contributed by atoms with Crippen LogP contribution >= 0.6 is 0 Å². The minimum Gasteiger partial charge on any atom is -0.450 e. The Bertz CT molecular complexity index is 1060. The molecule has 186 valence electrons. The summed E-state index contributed by atoms with van der Waals surface area (Å²) in [6, 6.07) is 5.19. The van der Waals surface area contributed by atoms with Crippen molar-refractivity contribution in [1.82, 2.24) is 0 Å². The van der Waals surface area contributed by atoms with Crippen molar-refractivity contribution in [1.29, 1.82) is 0 Å². The van der Waals surface area contributed by atoms with Gasteiger partial charge in [0.25, 0.3) is 5.91 Å². The molecule has 0 aromatic heterocycles. The van der Waals surface area contributed by atoms with Crippen LogP contribution in [-0.4, -0.2) is 31.0 Å². The van der Waals surface area contributed by atoms with Gasteiger partial charge in [-0.15, -0.1) is 0 Å². The largest absolute Gasteiger partial charge is 0.450 e. The molecule has 5 nitrogen and oxygen atoms in total. The van der Waals surface area contributed by atoms with E-state index in [1.54, 1.807) is 19.9 Å². The predicted molar refractivity (Wildman–Crippen MR) is 111 cm³/mol. The normalized spacial score (nSPS) is 12.3. The van der Waals surface area contributed by atoms with Crippen LogP contribution in [0.4, 0.5) is 46.9 Å². The molecular weight excluding hydrogens is 473 g/mol. The van der Waals surface area contributed by atoms with Crippen LogP contribution in [0.3, 0.4) is 0 Å². The fraction of sp³-hybridized carbons (Fsp3) is 0.364. The Kier molecular flexibility index (Phi) is 7.54. The number of aryl methyl sites for hydroxylation is 3. The summed E-state index contributed by atoms with van der Waals surface area (Å²) in [5, 5.41) is 4.93. The van der Waals surface area contributed by atoms with Gasteiger partial charge < -0.3 is 10.1 Å². The molecule has 2 rings (SSSR count). The van der Waals surface area contributed by atoms with Gasteiger partial charge >= 0.3 is 24.1 Å². The second kappa shape index (κ2) is 9.51. The molecule has 12 heteroatoms. The van der Waals surface area contributed by atoms with Crippen LogP contribution in [0.5, 0.6) is 0 Å². The van der Waals surface area contributed by atoms with Gasteiger partial charge in [0.2, 0.25) is 0 Å². The molecule has 0 heterocycles. The van der Waals surface area contributed by atoms with Crippen LogP contribution < -0.4 is 10.6 Å². The lowest BCUT2D eigenvalue weighted by Gasteiger charge is -2.31. The summed E-state index contributed by atoms with van der Waals surface area (Å²) in [5.74, 6) is -0.846. The maximum atomic E-state index is 14.4. The van der Waals surface area contributed by atoms with Gasteiger partial charge in [-0.2, -0.15) is 26.3 Å². The molecule has 0 spiro atoms. The molecule has 2 N–H and O–H groups in total. The maximum Gasteiger partial charge on any atom is 0.435 e. The van der Waals surface area contributed by atoms with Crippen molar-refractivity contribution in [2.45, 2.75) is 45.7 Å². The van der Waals surface area contributed by atoms with Crippen LogP contribution in [0.25, 0.3) is 0 Å². The van der Waals surface area contributed by atoms with E-state index in [4.69, 9.17) is 4.74 Å². The molecule has 34 heavy (non-hydrogen) atoms. The number of hydrogen-bond acceptors (Lipinski definition) is 3. The van der Waals surface area contributed by atoms with Gasteiger partial charge in [-0.3, -0.25) is 10.1 Å². The van der Waals surface area contributed by atoms with Gasteiger partial charge in [0, 0.05) is 22.5 Å². The third kappa shape index (κ3) is 5.26. The molecule has 0 atom stereocenters. The van der Waals surface area contributed by atoms with E-state index >= 15 is 0 Å². The van der Waals surface area contributed by atoms with Crippen molar-refractivity contribution in [3.63, 3.8) is 0 Å². The van der Waals surface area contributed by atoms with Crippen LogP contribution in [0, 0.1) is 20.8 Å². The second-order valence-corrected chi connectivity index (χ2v) is 7.47. The highest BCUT2D eigenvalue weighted by molar-refractivity contribution is 6.07. The van der Waals surface area contributed by atoms with E-state index in [2.05, 4.69) is 10.6 Å². The standard InChI is InChI=1S/C22H21F7N2O3/c1-5-34-19(33)30-15-7-6-11(2)16(10-15)31-18(32)17-12(3)8-14(9-13(17)4)20(23,21(24,25)26)22(27,28)29/h6-10H,5H2,1-4H3,(H,30,33)(H,31,32). The molecule has 0 saturated carbocycles. The number of rotatable bonds is 5. The van der Waals surface area contributed by atoms with Crippen molar-refractivity contribution < 1.29 is 45.1 Å². The lowest BCUT2D eigenvalue weighted by atomic mass is 9.88. The third-order valence-corrected chi connectivity index (χ3v) is 4.95. The smallest absolute Gasteiger partial charge is 0.435 e. The van der Waals surface area contributed by atoms with Crippen molar-refractivity contribution in [2.24, 2.45) is 0 Å². The zero-order valence-corrected chi connectivity index (χ0v) is 18.5. The predicted octanol–water partition coefficient (Wildman–Crippen LogP) is 6.72. The molecular formula is C22H21F7N2O3. The number of carbonyl (C=O) groups excluding carboxylic acids is 2. The average molecular weight is 494 g/mol. The first-order valence-electron chi connectivity index (χ1n) is 9.82. The van der Waals surface area contributed by atoms with E-state index < -0.39 is 35.6 Å². The van der Waals surface area contributed by atoms with E-state index in [9.17, 15) is 40.3 Å². The summed E-state index contributed by atoms with van der Waals surface area (Å²) in [4.78, 5) is 24.4. The van der Waals surface area contributed by atoms with E-state index in [0.717, 1.165) is 13.8 Å². The van der Waals surface area contributed by atoms with Crippen LogP contribution in [0.1, 0.15) is 39.5 Å². The summed E-state index contributed by atoms with van der Waals surface area (Å²) in [7, 11) is 0. The minimum atomic E-state index is -6.27.